The fraction of sp³-hybridized carbons (Fsp3) is 0.652. The van der Waals surface area contributed by atoms with E-state index in [0.29, 0.717) is 12.7 Å². The van der Waals surface area contributed by atoms with Crippen molar-refractivity contribution in [1.82, 2.24) is 15.5 Å². The first kappa shape index (κ1) is 26.3. The van der Waals surface area contributed by atoms with E-state index in [4.69, 9.17) is 14.2 Å². The third kappa shape index (κ3) is 8.22. The van der Waals surface area contributed by atoms with Crippen LogP contribution < -0.4 is 20.1 Å². The van der Waals surface area contributed by atoms with Gasteiger partial charge >= 0.3 is 6.09 Å². The monoisotopic (exact) mass is 560 g/mol. The van der Waals surface area contributed by atoms with Gasteiger partial charge in [-0.15, -0.1) is 24.0 Å². The Labute approximate surface area is 208 Å². The summed E-state index contributed by atoms with van der Waals surface area (Å²) in [5.41, 5.74) is 0.737. The number of aliphatic imine (C=N–C) groups is 1. The van der Waals surface area contributed by atoms with E-state index in [1.54, 1.807) is 7.05 Å². The van der Waals surface area contributed by atoms with Gasteiger partial charge in [-0.25, -0.2) is 4.79 Å². The van der Waals surface area contributed by atoms with Gasteiger partial charge in [0.05, 0.1) is 0 Å². The summed E-state index contributed by atoms with van der Waals surface area (Å²) in [5, 5.41) is 6.74. The Morgan fingerprint density at radius 1 is 1.22 bits per heavy atom. The Kier molecular flexibility index (Phi) is 10.2. The summed E-state index contributed by atoms with van der Waals surface area (Å²) in [4.78, 5) is 18.5. The molecule has 0 spiro atoms. The van der Waals surface area contributed by atoms with Crippen LogP contribution in [-0.4, -0.2) is 62.6 Å². The normalized spacial score (nSPS) is 18.1. The van der Waals surface area contributed by atoms with Crippen LogP contribution in [0.15, 0.2) is 23.2 Å². The lowest BCUT2D eigenvalue weighted by Gasteiger charge is -2.34. The second kappa shape index (κ2) is 12.4. The molecule has 3 rings (SSSR count). The van der Waals surface area contributed by atoms with Gasteiger partial charge in [0.2, 0.25) is 6.79 Å². The van der Waals surface area contributed by atoms with E-state index in [1.807, 2.05) is 37.8 Å². The van der Waals surface area contributed by atoms with Gasteiger partial charge in [0.1, 0.15) is 5.60 Å². The first-order valence-corrected chi connectivity index (χ1v) is 11.1. The lowest BCUT2D eigenvalue weighted by Crippen LogP contribution is -2.44. The molecule has 0 aliphatic carbocycles. The quantitative estimate of drug-likeness (QED) is 0.313. The maximum Gasteiger partial charge on any atom is 0.410 e. The smallest absolute Gasteiger partial charge is 0.410 e. The second-order valence-corrected chi connectivity index (χ2v) is 9.09. The van der Waals surface area contributed by atoms with E-state index >= 15 is 0 Å². The number of hydrogen-bond acceptors (Lipinski definition) is 5. The van der Waals surface area contributed by atoms with Crippen molar-refractivity contribution >= 4 is 36.0 Å². The molecule has 2 heterocycles. The Morgan fingerprint density at radius 2 is 1.97 bits per heavy atom. The van der Waals surface area contributed by atoms with E-state index in [1.165, 1.54) is 5.56 Å². The van der Waals surface area contributed by atoms with Crippen LogP contribution in [0.25, 0.3) is 0 Å². The minimum absolute atomic E-state index is 0. The molecule has 1 saturated heterocycles. The summed E-state index contributed by atoms with van der Waals surface area (Å²) in [6.45, 7) is 9.13. The fourth-order valence-electron chi connectivity index (χ4n) is 3.83. The minimum atomic E-state index is -0.454. The lowest BCUT2D eigenvalue weighted by molar-refractivity contribution is 0.0162. The van der Waals surface area contributed by atoms with Crippen LogP contribution in [0.5, 0.6) is 11.5 Å². The maximum atomic E-state index is 12.3. The highest BCUT2D eigenvalue weighted by Crippen LogP contribution is 2.32. The highest BCUT2D eigenvalue weighted by Gasteiger charge is 2.27. The van der Waals surface area contributed by atoms with Crippen molar-refractivity contribution in [2.45, 2.75) is 52.1 Å². The molecule has 2 aliphatic rings. The molecular weight excluding hydrogens is 523 g/mol. The molecule has 8 nitrogen and oxygen atoms in total. The molecule has 2 aliphatic heterocycles. The SMILES string of the molecule is CN=C(NCCc1ccc2c(c1)OCO2)NCCC1CCCN(C(=O)OC(C)(C)C)C1.I. The zero-order valence-corrected chi connectivity index (χ0v) is 21.9. The molecule has 1 fully saturated rings. The molecule has 1 aromatic carbocycles. The molecule has 1 amide bonds. The van der Waals surface area contributed by atoms with E-state index in [9.17, 15) is 4.79 Å². The molecule has 2 N–H and O–H groups in total. The van der Waals surface area contributed by atoms with Crippen molar-refractivity contribution in [3.05, 3.63) is 23.8 Å². The molecule has 1 aromatic rings. The third-order valence-corrected chi connectivity index (χ3v) is 5.38. The largest absolute Gasteiger partial charge is 0.454 e. The van der Waals surface area contributed by atoms with Crippen LogP contribution in [0.1, 0.15) is 45.6 Å². The van der Waals surface area contributed by atoms with Crippen LogP contribution in [-0.2, 0) is 11.2 Å². The predicted octanol–water partition coefficient (Wildman–Crippen LogP) is 3.78. The van der Waals surface area contributed by atoms with Crippen molar-refractivity contribution in [3.63, 3.8) is 0 Å². The van der Waals surface area contributed by atoms with E-state index in [0.717, 1.165) is 69.3 Å². The minimum Gasteiger partial charge on any atom is -0.454 e. The number of fused-ring (bicyclic) bond motifs is 1. The summed E-state index contributed by atoms with van der Waals surface area (Å²) in [6.07, 6.45) is 3.81. The number of hydrogen-bond donors (Lipinski definition) is 2. The van der Waals surface area contributed by atoms with Crippen molar-refractivity contribution in [3.8, 4) is 11.5 Å². The van der Waals surface area contributed by atoms with Gasteiger partial charge in [-0.2, -0.15) is 0 Å². The third-order valence-electron chi connectivity index (χ3n) is 5.38. The number of guanidine groups is 1. The highest BCUT2D eigenvalue weighted by molar-refractivity contribution is 14.0. The molecule has 32 heavy (non-hydrogen) atoms. The van der Waals surface area contributed by atoms with Crippen molar-refractivity contribution in [2.24, 2.45) is 10.9 Å². The van der Waals surface area contributed by atoms with Crippen LogP contribution in [0.4, 0.5) is 4.79 Å². The zero-order chi connectivity index (χ0) is 22.3. The molecule has 1 unspecified atom stereocenters. The zero-order valence-electron chi connectivity index (χ0n) is 19.6. The number of amides is 1. The summed E-state index contributed by atoms with van der Waals surface area (Å²) in [7, 11) is 1.78. The van der Waals surface area contributed by atoms with Crippen molar-refractivity contribution < 1.29 is 19.0 Å². The molecule has 0 aromatic heterocycles. The molecule has 0 saturated carbocycles. The van der Waals surface area contributed by atoms with Crippen molar-refractivity contribution in [1.29, 1.82) is 0 Å². The molecule has 0 radical (unpaired) electrons. The number of carbonyl (C=O) groups excluding carboxylic acids is 1. The summed E-state index contributed by atoms with van der Waals surface area (Å²) >= 11 is 0. The number of nitrogens with zero attached hydrogens (tertiary/aromatic N) is 2. The van der Waals surface area contributed by atoms with Gasteiger partial charge in [0.25, 0.3) is 0 Å². The standard InChI is InChI=1S/C23H36N4O4.HI/c1-23(2,3)31-22(28)27-13-5-6-18(15-27)10-12-26-21(24-4)25-11-9-17-7-8-19-20(14-17)30-16-29-19;/h7-8,14,18H,5-6,9-13,15-16H2,1-4H3,(H2,24,25,26);1H. The lowest BCUT2D eigenvalue weighted by atomic mass is 9.95. The number of ether oxygens (including phenoxy) is 3. The van der Waals surface area contributed by atoms with Crippen LogP contribution in [0, 0.1) is 5.92 Å². The first-order valence-electron chi connectivity index (χ1n) is 11.1. The second-order valence-electron chi connectivity index (χ2n) is 9.09. The number of halogens is 1. The van der Waals surface area contributed by atoms with Gasteiger partial charge in [0.15, 0.2) is 17.5 Å². The Bertz CT molecular complexity index is 782. The summed E-state index contributed by atoms with van der Waals surface area (Å²) < 4.78 is 16.3. The van der Waals surface area contributed by atoms with Crippen LogP contribution >= 0.6 is 24.0 Å². The van der Waals surface area contributed by atoms with Crippen molar-refractivity contribution in [2.75, 3.05) is 40.0 Å². The molecule has 9 heteroatoms. The maximum absolute atomic E-state index is 12.3. The number of piperidine rings is 1. The van der Waals surface area contributed by atoms with Gasteiger partial charge in [-0.05, 0) is 70.1 Å². The van der Waals surface area contributed by atoms with Crippen LogP contribution in [0.2, 0.25) is 0 Å². The fourth-order valence-corrected chi connectivity index (χ4v) is 3.83. The number of likely N-dealkylation sites (tertiary alicyclic amines) is 1. The van der Waals surface area contributed by atoms with Gasteiger partial charge in [-0.3, -0.25) is 4.99 Å². The van der Waals surface area contributed by atoms with Gasteiger partial charge in [0, 0.05) is 33.2 Å². The topological polar surface area (TPSA) is 84.4 Å². The molecule has 1 atom stereocenters. The average molecular weight is 560 g/mol. The van der Waals surface area contributed by atoms with E-state index in [-0.39, 0.29) is 30.1 Å². The van der Waals surface area contributed by atoms with Crippen LogP contribution in [0.3, 0.4) is 0 Å². The van der Waals surface area contributed by atoms with Gasteiger partial charge in [-0.1, -0.05) is 6.07 Å². The number of carbonyl (C=O) groups is 1. The van der Waals surface area contributed by atoms with E-state index in [2.05, 4.69) is 21.7 Å². The number of benzene rings is 1. The Morgan fingerprint density at radius 3 is 2.72 bits per heavy atom. The molecule has 0 bridgehead atoms. The van der Waals surface area contributed by atoms with Gasteiger partial charge < -0.3 is 29.7 Å². The highest BCUT2D eigenvalue weighted by atomic mass is 127. The summed E-state index contributed by atoms with van der Waals surface area (Å²) in [6, 6.07) is 6.04. The number of rotatable bonds is 6. The predicted molar refractivity (Wildman–Crippen MR) is 136 cm³/mol. The molecule has 180 valence electrons. The van der Waals surface area contributed by atoms with E-state index < -0.39 is 5.60 Å². The summed E-state index contributed by atoms with van der Waals surface area (Å²) in [5.74, 6) is 2.89. The average Bonchev–Trinajstić information content (AvgIpc) is 3.19. The Hall–Kier alpha value is -1.91. The Balaban J connectivity index is 0.00000363. The number of nitrogens with one attached hydrogen (secondary N) is 2. The first-order chi connectivity index (χ1) is 14.8. The molecular formula is C23H37IN4O4.